The van der Waals surface area contributed by atoms with Gasteiger partial charge in [-0.25, -0.2) is 8.42 Å². The SMILES string of the molecule is O=S(=O)(c1ccc(C2CCCCC2)cc1)N1CCC(CN2CCCCC2)CC1. The van der Waals surface area contributed by atoms with Crippen molar-refractivity contribution in [3.63, 3.8) is 0 Å². The first-order chi connectivity index (χ1) is 13.6. The molecule has 0 unspecified atom stereocenters. The number of sulfonamides is 1. The summed E-state index contributed by atoms with van der Waals surface area (Å²) in [6, 6.07) is 7.82. The third-order valence-corrected chi connectivity index (χ3v) is 9.05. The van der Waals surface area contributed by atoms with Crippen LogP contribution < -0.4 is 0 Å². The van der Waals surface area contributed by atoms with Crippen LogP contribution in [0.25, 0.3) is 0 Å². The molecule has 0 N–H and O–H groups in total. The molecule has 3 fully saturated rings. The van der Waals surface area contributed by atoms with Gasteiger partial charge in [0.1, 0.15) is 0 Å². The van der Waals surface area contributed by atoms with Gasteiger partial charge in [-0.1, -0.05) is 37.8 Å². The van der Waals surface area contributed by atoms with Crippen LogP contribution in [0.4, 0.5) is 0 Å². The molecule has 1 saturated carbocycles. The number of benzene rings is 1. The van der Waals surface area contributed by atoms with E-state index >= 15 is 0 Å². The fraction of sp³-hybridized carbons (Fsp3) is 0.739. The second-order valence-corrected chi connectivity index (χ2v) is 11.1. The van der Waals surface area contributed by atoms with E-state index in [2.05, 4.69) is 17.0 Å². The Labute approximate surface area is 171 Å². The lowest BCUT2D eigenvalue weighted by Crippen LogP contribution is -2.42. The molecule has 4 rings (SSSR count). The highest BCUT2D eigenvalue weighted by atomic mass is 32.2. The van der Waals surface area contributed by atoms with Gasteiger partial charge in [-0.05, 0) is 81.1 Å². The molecule has 1 aliphatic carbocycles. The second-order valence-electron chi connectivity index (χ2n) is 9.11. The lowest BCUT2D eigenvalue weighted by molar-refractivity contribution is 0.161. The Kier molecular flexibility index (Phi) is 6.74. The summed E-state index contributed by atoms with van der Waals surface area (Å²) in [7, 11) is -3.35. The molecule has 0 atom stereocenters. The molecule has 0 bridgehead atoms. The van der Waals surface area contributed by atoms with Gasteiger partial charge in [0, 0.05) is 19.6 Å². The highest BCUT2D eigenvalue weighted by molar-refractivity contribution is 7.89. The summed E-state index contributed by atoms with van der Waals surface area (Å²) in [5.74, 6) is 1.27. The summed E-state index contributed by atoms with van der Waals surface area (Å²) >= 11 is 0. The van der Waals surface area contributed by atoms with Crippen molar-refractivity contribution in [3.05, 3.63) is 29.8 Å². The van der Waals surface area contributed by atoms with Crippen LogP contribution in [0.2, 0.25) is 0 Å². The summed E-state index contributed by atoms with van der Waals surface area (Å²) in [4.78, 5) is 3.06. The monoisotopic (exact) mass is 404 g/mol. The Morgan fingerprint density at radius 1 is 0.750 bits per heavy atom. The van der Waals surface area contributed by atoms with Crippen LogP contribution >= 0.6 is 0 Å². The van der Waals surface area contributed by atoms with Crippen molar-refractivity contribution in [1.29, 1.82) is 0 Å². The molecular weight excluding hydrogens is 368 g/mol. The van der Waals surface area contributed by atoms with Crippen molar-refractivity contribution in [1.82, 2.24) is 9.21 Å². The predicted octanol–water partition coefficient (Wildman–Crippen LogP) is 4.62. The zero-order valence-corrected chi connectivity index (χ0v) is 18.0. The third kappa shape index (κ3) is 4.80. The first-order valence-corrected chi connectivity index (χ1v) is 12.9. The summed E-state index contributed by atoms with van der Waals surface area (Å²) in [6.45, 7) is 4.96. The predicted molar refractivity (Wildman–Crippen MR) is 114 cm³/mol. The highest BCUT2D eigenvalue weighted by Gasteiger charge is 2.30. The molecule has 0 aromatic heterocycles. The summed E-state index contributed by atoms with van der Waals surface area (Å²) < 4.78 is 27.9. The maximum Gasteiger partial charge on any atom is 0.243 e. The molecule has 2 aliphatic heterocycles. The Hall–Kier alpha value is -0.910. The van der Waals surface area contributed by atoms with Gasteiger partial charge in [0.15, 0.2) is 0 Å². The van der Waals surface area contributed by atoms with Crippen LogP contribution in [0.3, 0.4) is 0 Å². The number of likely N-dealkylation sites (tertiary alicyclic amines) is 1. The number of hydrogen-bond donors (Lipinski definition) is 0. The highest BCUT2D eigenvalue weighted by Crippen LogP contribution is 2.33. The van der Waals surface area contributed by atoms with E-state index in [1.54, 1.807) is 4.31 Å². The number of rotatable bonds is 5. The summed E-state index contributed by atoms with van der Waals surface area (Å²) in [5, 5.41) is 0. The molecule has 0 spiro atoms. The number of hydrogen-bond acceptors (Lipinski definition) is 3. The minimum absolute atomic E-state index is 0.474. The lowest BCUT2D eigenvalue weighted by Gasteiger charge is -2.35. The first-order valence-electron chi connectivity index (χ1n) is 11.5. The van der Waals surface area contributed by atoms with E-state index in [1.165, 1.54) is 70.0 Å². The average molecular weight is 405 g/mol. The topological polar surface area (TPSA) is 40.6 Å². The number of nitrogens with zero attached hydrogens (tertiary/aromatic N) is 2. The van der Waals surface area contributed by atoms with Crippen LogP contribution in [0, 0.1) is 5.92 Å². The largest absolute Gasteiger partial charge is 0.303 e. The van der Waals surface area contributed by atoms with Crippen molar-refractivity contribution in [2.24, 2.45) is 5.92 Å². The van der Waals surface area contributed by atoms with Crippen molar-refractivity contribution in [2.75, 3.05) is 32.7 Å². The smallest absolute Gasteiger partial charge is 0.243 e. The molecule has 5 heteroatoms. The molecule has 0 amide bonds. The van der Waals surface area contributed by atoms with Crippen LogP contribution in [0.15, 0.2) is 29.2 Å². The van der Waals surface area contributed by atoms with Crippen LogP contribution in [-0.2, 0) is 10.0 Å². The van der Waals surface area contributed by atoms with Gasteiger partial charge in [-0.15, -0.1) is 0 Å². The Morgan fingerprint density at radius 3 is 2.00 bits per heavy atom. The quantitative estimate of drug-likeness (QED) is 0.719. The van der Waals surface area contributed by atoms with Crippen molar-refractivity contribution in [3.8, 4) is 0 Å². The minimum Gasteiger partial charge on any atom is -0.303 e. The Balaban J connectivity index is 1.33. The van der Waals surface area contributed by atoms with Gasteiger partial charge in [0.05, 0.1) is 4.90 Å². The van der Waals surface area contributed by atoms with E-state index in [4.69, 9.17) is 0 Å². The molecule has 2 heterocycles. The fourth-order valence-electron chi connectivity index (χ4n) is 5.34. The molecule has 2 saturated heterocycles. The molecule has 1 aromatic rings. The summed E-state index contributed by atoms with van der Waals surface area (Å²) in [6.07, 6.45) is 12.4. The van der Waals surface area contributed by atoms with Gasteiger partial charge >= 0.3 is 0 Å². The number of piperidine rings is 2. The van der Waals surface area contributed by atoms with E-state index in [9.17, 15) is 8.42 Å². The maximum atomic E-state index is 13.1. The zero-order valence-electron chi connectivity index (χ0n) is 17.2. The molecule has 0 radical (unpaired) electrons. The molecular formula is C23H36N2O2S. The van der Waals surface area contributed by atoms with Crippen molar-refractivity contribution < 1.29 is 8.42 Å². The molecule has 28 heavy (non-hydrogen) atoms. The van der Waals surface area contributed by atoms with E-state index in [-0.39, 0.29) is 0 Å². The van der Waals surface area contributed by atoms with E-state index in [0.717, 1.165) is 19.4 Å². The maximum absolute atomic E-state index is 13.1. The van der Waals surface area contributed by atoms with E-state index < -0.39 is 10.0 Å². The van der Waals surface area contributed by atoms with Gasteiger partial charge in [0.25, 0.3) is 0 Å². The summed E-state index contributed by atoms with van der Waals surface area (Å²) in [5.41, 5.74) is 1.32. The Morgan fingerprint density at radius 2 is 1.36 bits per heavy atom. The minimum atomic E-state index is -3.35. The normalized spacial score (nSPS) is 24.4. The molecule has 3 aliphatic rings. The van der Waals surface area contributed by atoms with Crippen LogP contribution in [0.5, 0.6) is 0 Å². The lowest BCUT2D eigenvalue weighted by atomic mass is 9.84. The molecule has 156 valence electrons. The standard InChI is InChI=1S/C23H36N2O2S/c26-28(27,23-11-9-22(10-12-23)21-7-3-1-4-8-21)25-17-13-20(14-18-25)19-24-15-5-2-6-16-24/h9-12,20-21H,1-8,13-19H2. The van der Waals surface area contributed by atoms with Crippen molar-refractivity contribution in [2.45, 2.75) is 75.0 Å². The van der Waals surface area contributed by atoms with Crippen molar-refractivity contribution >= 4 is 10.0 Å². The first kappa shape index (κ1) is 20.4. The van der Waals surface area contributed by atoms with E-state index in [0.29, 0.717) is 29.8 Å². The molecule has 4 nitrogen and oxygen atoms in total. The second kappa shape index (κ2) is 9.27. The van der Waals surface area contributed by atoms with Gasteiger partial charge < -0.3 is 4.90 Å². The average Bonchev–Trinajstić information content (AvgIpc) is 2.76. The Bertz CT molecular complexity index is 711. The fourth-order valence-corrected chi connectivity index (χ4v) is 6.81. The zero-order chi connectivity index (χ0) is 19.4. The van der Waals surface area contributed by atoms with Gasteiger partial charge in [-0.2, -0.15) is 4.31 Å². The van der Waals surface area contributed by atoms with E-state index in [1.807, 2.05) is 12.1 Å². The van der Waals surface area contributed by atoms with Crippen LogP contribution in [-0.4, -0.2) is 50.3 Å². The van der Waals surface area contributed by atoms with Gasteiger partial charge in [0.2, 0.25) is 10.0 Å². The van der Waals surface area contributed by atoms with Gasteiger partial charge in [-0.3, -0.25) is 0 Å². The third-order valence-electron chi connectivity index (χ3n) is 7.13. The molecule has 1 aromatic carbocycles. The van der Waals surface area contributed by atoms with Crippen LogP contribution in [0.1, 0.15) is 75.7 Å².